The van der Waals surface area contributed by atoms with Crippen molar-refractivity contribution in [2.45, 2.75) is 5.56 Å². The van der Waals surface area contributed by atoms with Gasteiger partial charge in [0.25, 0.3) is 0 Å². The van der Waals surface area contributed by atoms with Gasteiger partial charge in [-0.15, -0.1) is 0 Å². The van der Waals surface area contributed by atoms with Gasteiger partial charge in [-0.05, 0) is 22.9 Å². The molecule has 0 bridgehead atoms. The Morgan fingerprint density at radius 1 is 0.947 bits per heavy atom. The lowest BCUT2D eigenvalue weighted by Gasteiger charge is -2.14. The Bertz CT molecular complexity index is 694. The summed E-state index contributed by atoms with van der Waals surface area (Å²) < 4.78 is 5.84. The summed E-state index contributed by atoms with van der Waals surface area (Å²) in [6.07, 6.45) is 1.58. The zero-order valence-electron chi connectivity index (χ0n) is 10.3. The van der Waals surface area contributed by atoms with Gasteiger partial charge in [0.1, 0.15) is 5.75 Å². The summed E-state index contributed by atoms with van der Waals surface area (Å²) in [5.41, 5.74) is -0.533. The molecule has 19 heavy (non-hydrogen) atoms. The molecule has 1 unspecified atom stereocenters. The zero-order valence-corrected chi connectivity index (χ0v) is 11.1. The molecule has 0 radical (unpaired) electrons. The number of rotatable bonds is 3. The molecule has 0 saturated carbocycles. The van der Waals surface area contributed by atoms with Crippen molar-refractivity contribution in [3.8, 4) is 5.75 Å². The Morgan fingerprint density at radius 3 is 2.00 bits per heavy atom. The van der Waals surface area contributed by atoms with Gasteiger partial charge in [-0.1, -0.05) is 66.7 Å². The van der Waals surface area contributed by atoms with Crippen LogP contribution in [-0.4, -0.2) is 5.56 Å². The maximum absolute atomic E-state index is 6.06. The SMILES string of the molecule is C=CC(Cl)Oc1c2ccccc2cc2ccccc12. The normalized spacial score (nSPS) is 12.5. The Balaban J connectivity index is 2.35. The molecule has 0 aliphatic carbocycles. The smallest absolute Gasteiger partial charge is 0.190 e. The number of fused-ring (bicyclic) bond motifs is 2. The fourth-order valence-electron chi connectivity index (χ4n) is 2.26. The molecule has 1 nitrogen and oxygen atoms in total. The third-order valence-corrected chi connectivity index (χ3v) is 3.40. The lowest BCUT2D eigenvalue weighted by atomic mass is 10.0. The maximum Gasteiger partial charge on any atom is 0.190 e. The standard InChI is InChI=1S/C17H13ClO/c1-2-16(18)19-17-14-9-5-3-7-12(14)11-13-8-4-6-10-15(13)17/h2-11,16H,1H2. The highest BCUT2D eigenvalue weighted by atomic mass is 35.5. The average Bonchev–Trinajstić information content (AvgIpc) is 2.46. The second kappa shape index (κ2) is 4.94. The van der Waals surface area contributed by atoms with Gasteiger partial charge in [0.05, 0.1) is 0 Å². The van der Waals surface area contributed by atoms with Crippen LogP contribution < -0.4 is 4.74 Å². The molecular formula is C17H13ClO. The summed E-state index contributed by atoms with van der Waals surface area (Å²) >= 11 is 6.06. The van der Waals surface area contributed by atoms with E-state index in [4.69, 9.17) is 16.3 Å². The van der Waals surface area contributed by atoms with E-state index in [1.54, 1.807) is 6.08 Å². The van der Waals surface area contributed by atoms with Gasteiger partial charge in [0.2, 0.25) is 0 Å². The summed E-state index contributed by atoms with van der Waals surface area (Å²) in [6, 6.07) is 18.4. The molecule has 3 aromatic rings. The highest BCUT2D eigenvalue weighted by Crippen LogP contribution is 2.35. The molecule has 0 heterocycles. The first-order valence-electron chi connectivity index (χ1n) is 6.13. The second-order valence-corrected chi connectivity index (χ2v) is 4.78. The van der Waals surface area contributed by atoms with Crippen LogP contribution in [0.1, 0.15) is 0 Å². The van der Waals surface area contributed by atoms with E-state index in [-0.39, 0.29) is 0 Å². The highest BCUT2D eigenvalue weighted by Gasteiger charge is 2.10. The predicted molar refractivity (Wildman–Crippen MR) is 81.9 cm³/mol. The summed E-state index contributed by atoms with van der Waals surface area (Å²) in [5.74, 6) is 0.814. The lowest BCUT2D eigenvalue weighted by Crippen LogP contribution is -2.05. The Morgan fingerprint density at radius 2 is 1.47 bits per heavy atom. The quantitative estimate of drug-likeness (QED) is 0.364. The minimum atomic E-state index is -0.533. The summed E-state index contributed by atoms with van der Waals surface area (Å²) in [4.78, 5) is 0. The second-order valence-electron chi connectivity index (χ2n) is 4.35. The molecule has 0 N–H and O–H groups in total. The lowest BCUT2D eigenvalue weighted by molar-refractivity contribution is 0.334. The summed E-state index contributed by atoms with van der Waals surface area (Å²) in [5, 5.41) is 4.41. The van der Waals surface area contributed by atoms with Crippen LogP contribution in [0.2, 0.25) is 0 Å². The van der Waals surface area contributed by atoms with E-state index in [1.165, 1.54) is 0 Å². The van der Waals surface area contributed by atoms with Crippen molar-refractivity contribution in [1.82, 2.24) is 0 Å². The number of benzene rings is 3. The van der Waals surface area contributed by atoms with E-state index < -0.39 is 5.56 Å². The molecule has 0 fully saturated rings. The molecule has 0 aliphatic heterocycles. The Hall–Kier alpha value is -1.99. The average molecular weight is 269 g/mol. The third kappa shape index (κ3) is 2.18. The van der Waals surface area contributed by atoms with Crippen molar-refractivity contribution < 1.29 is 4.74 Å². The van der Waals surface area contributed by atoms with Crippen molar-refractivity contribution in [2.75, 3.05) is 0 Å². The number of alkyl halides is 1. The van der Waals surface area contributed by atoms with Crippen LogP contribution in [0.3, 0.4) is 0 Å². The van der Waals surface area contributed by atoms with Crippen molar-refractivity contribution in [2.24, 2.45) is 0 Å². The summed E-state index contributed by atoms with van der Waals surface area (Å²) in [7, 11) is 0. The van der Waals surface area contributed by atoms with Crippen LogP contribution in [0.25, 0.3) is 21.5 Å². The Kier molecular flexibility index (Phi) is 3.14. The van der Waals surface area contributed by atoms with Crippen molar-refractivity contribution in [1.29, 1.82) is 0 Å². The van der Waals surface area contributed by atoms with Crippen LogP contribution in [0.5, 0.6) is 5.75 Å². The minimum Gasteiger partial charge on any atom is -0.470 e. The van der Waals surface area contributed by atoms with Crippen LogP contribution in [0, 0.1) is 0 Å². The van der Waals surface area contributed by atoms with E-state index in [1.807, 2.05) is 36.4 Å². The Labute approximate surface area is 117 Å². The molecule has 94 valence electrons. The minimum absolute atomic E-state index is 0.533. The number of ether oxygens (including phenoxy) is 1. The largest absolute Gasteiger partial charge is 0.470 e. The van der Waals surface area contributed by atoms with Gasteiger partial charge in [-0.25, -0.2) is 0 Å². The van der Waals surface area contributed by atoms with Gasteiger partial charge < -0.3 is 4.74 Å². The first-order valence-corrected chi connectivity index (χ1v) is 6.57. The van der Waals surface area contributed by atoms with Gasteiger partial charge in [0.15, 0.2) is 5.56 Å². The van der Waals surface area contributed by atoms with Crippen molar-refractivity contribution in [3.63, 3.8) is 0 Å². The maximum atomic E-state index is 6.06. The fraction of sp³-hybridized carbons (Fsp3) is 0.0588. The van der Waals surface area contributed by atoms with Crippen LogP contribution in [0.4, 0.5) is 0 Å². The molecule has 0 amide bonds. The molecular weight excluding hydrogens is 256 g/mol. The van der Waals surface area contributed by atoms with Crippen LogP contribution >= 0.6 is 11.6 Å². The molecule has 0 aromatic heterocycles. The highest BCUT2D eigenvalue weighted by molar-refractivity contribution is 6.21. The van der Waals surface area contributed by atoms with E-state index in [0.717, 1.165) is 27.3 Å². The van der Waals surface area contributed by atoms with Crippen molar-refractivity contribution in [3.05, 3.63) is 67.3 Å². The number of hydrogen-bond acceptors (Lipinski definition) is 1. The van der Waals surface area contributed by atoms with E-state index in [0.29, 0.717) is 0 Å². The topological polar surface area (TPSA) is 9.23 Å². The van der Waals surface area contributed by atoms with E-state index in [9.17, 15) is 0 Å². The van der Waals surface area contributed by atoms with Gasteiger partial charge >= 0.3 is 0 Å². The molecule has 2 heteroatoms. The van der Waals surface area contributed by atoms with Gasteiger partial charge in [-0.2, -0.15) is 0 Å². The molecule has 0 spiro atoms. The van der Waals surface area contributed by atoms with Crippen LogP contribution in [0.15, 0.2) is 67.3 Å². The summed E-state index contributed by atoms with van der Waals surface area (Å²) in [6.45, 7) is 3.66. The third-order valence-electron chi connectivity index (χ3n) is 3.14. The molecule has 1 atom stereocenters. The van der Waals surface area contributed by atoms with Gasteiger partial charge in [0, 0.05) is 10.8 Å². The zero-order chi connectivity index (χ0) is 13.2. The van der Waals surface area contributed by atoms with Gasteiger partial charge in [-0.3, -0.25) is 0 Å². The first kappa shape index (κ1) is 12.1. The van der Waals surface area contributed by atoms with Crippen molar-refractivity contribution >= 4 is 33.1 Å². The van der Waals surface area contributed by atoms with Crippen LogP contribution in [-0.2, 0) is 0 Å². The number of halogens is 1. The monoisotopic (exact) mass is 268 g/mol. The molecule has 0 saturated heterocycles. The number of hydrogen-bond donors (Lipinski definition) is 0. The van der Waals surface area contributed by atoms with E-state index in [2.05, 4.69) is 24.8 Å². The van der Waals surface area contributed by atoms with E-state index >= 15 is 0 Å². The molecule has 3 rings (SSSR count). The first-order chi connectivity index (χ1) is 9.29. The predicted octanol–water partition coefficient (Wildman–Crippen LogP) is 5.12. The molecule has 3 aromatic carbocycles. The molecule has 0 aliphatic rings. The fourth-order valence-corrected chi connectivity index (χ4v) is 2.35.